The maximum atomic E-state index is 12.9. The molecule has 1 amide bonds. The van der Waals surface area contributed by atoms with Crippen LogP contribution in [0.5, 0.6) is 0 Å². The first-order chi connectivity index (χ1) is 15.1. The first-order valence-electron chi connectivity index (χ1n) is 10.6. The van der Waals surface area contributed by atoms with Gasteiger partial charge >= 0.3 is 0 Å². The molecule has 2 aromatic carbocycles. The van der Waals surface area contributed by atoms with Crippen LogP contribution in [0.1, 0.15) is 24.1 Å². The second-order valence-electron chi connectivity index (χ2n) is 8.07. The number of hydrogen-bond acceptors (Lipinski definition) is 5. The number of amides is 1. The number of thiazole rings is 1. The molecule has 0 bridgehead atoms. The molecular weight excluding hydrogens is 406 g/mol. The molecule has 0 spiro atoms. The normalized spacial score (nSPS) is 16.6. The Morgan fingerprint density at radius 1 is 1.10 bits per heavy atom. The topological polar surface area (TPSA) is 63.1 Å². The zero-order valence-electron chi connectivity index (χ0n) is 17.7. The molecule has 3 heterocycles. The SMILES string of the molecule is Cc1ccccc1NC(=O)[C@H]1CCCN(c2nc3c(s2)c(C)nn3-c2ccccc2)C1. The number of nitrogens with zero attached hydrogens (tertiary/aromatic N) is 4. The largest absolute Gasteiger partial charge is 0.347 e. The summed E-state index contributed by atoms with van der Waals surface area (Å²) >= 11 is 1.67. The number of rotatable bonds is 4. The van der Waals surface area contributed by atoms with Crippen molar-refractivity contribution in [3.8, 4) is 5.69 Å². The highest BCUT2D eigenvalue weighted by Gasteiger charge is 2.28. The summed E-state index contributed by atoms with van der Waals surface area (Å²) in [6, 6.07) is 18.0. The summed E-state index contributed by atoms with van der Waals surface area (Å²) in [5.74, 6) is 0.0406. The Hall–Kier alpha value is -3.19. The maximum Gasteiger partial charge on any atom is 0.229 e. The average molecular weight is 432 g/mol. The zero-order valence-corrected chi connectivity index (χ0v) is 18.5. The fourth-order valence-corrected chi connectivity index (χ4v) is 5.14. The predicted octanol–water partition coefficient (Wildman–Crippen LogP) is 4.95. The predicted molar refractivity (Wildman–Crippen MR) is 126 cm³/mol. The molecule has 4 aromatic rings. The van der Waals surface area contributed by atoms with Crippen molar-refractivity contribution in [3.63, 3.8) is 0 Å². The van der Waals surface area contributed by atoms with E-state index >= 15 is 0 Å². The van der Waals surface area contributed by atoms with Crippen molar-refractivity contribution in [2.45, 2.75) is 26.7 Å². The summed E-state index contributed by atoms with van der Waals surface area (Å²) < 4.78 is 3.02. The van der Waals surface area contributed by atoms with Crippen molar-refractivity contribution in [3.05, 3.63) is 65.9 Å². The maximum absolute atomic E-state index is 12.9. The van der Waals surface area contributed by atoms with Gasteiger partial charge in [0, 0.05) is 18.8 Å². The van der Waals surface area contributed by atoms with E-state index in [1.165, 1.54) is 0 Å². The Bertz CT molecular complexity index is 1230. The van der Waals surface area contributed by atoms with E-state index in [1.807, 2.05) is 73.1 Å². The Kier molecular flexibility index (Phi) is 5.19. The molecule has 2 aromatic heterocycles. The fraction of sp³-hybridized carbons (Fsp3) is 0.292. The molecule has 5 rings (SSSR count). The second kappa shape index (κ2) is 8.15. The number of aromatic nitrogens is 3. The van der Waals surface area contributed by atoms with Crippen molar-refractivity contribution >= 4 is 38.4 Å². The summed E-state index contributed by atoms with van der Waals surface area (Å²) in [6.45, 7) is 5.65. The number of benzene rings is 2. The van der Waals surface area contributed by atoms with Gasteiger partial charge in [0.05, 0.1) is 22.0 Å². The van der Waals surface area contributed by atoms with Gasteiger partial charge in [-0.15, -0.1) is 0 Å². The van der Waals surface area contributed by atoms with Gasteiger partial charge in [-0.1, -0.05) is 47.7 Å². The number of nitrogens with one attached hydrogen (secondary N) is 1. The summed E-state index contributed by atoms with van der Waals surface area (Å²) in [5.41, 5.74) is 4.84. The summed E-state index contributed by atoms with van der Waals surface area (Å²) in [7, 11) is 0. The van der Waals surface area contributed by atoms with Gasteiger partial charge in [0.25, 0.3) is 0 Å². The van der Waals surface area contributed by atoms with Gasteiger partial charge in [-0.25, -0.2) is 4.68 Å². The van der Waals surface area contributed by atoms with Crippen LogP contribution in [0.3, 0.4) is 0 Å². The molecule has 1 aliphatic heterocycles. The van der Waals surface area contributed by atoms with Crippen LogP contribution >= 0.6 is 11.3 Å². The molecule has 31 heavy (non-hydrogen) atoms. The van der Waals surface area contributed by atoms with E-state index in [0.717, 1.165) is 57.5 Å². The molecular formula is C24H25N5OS. The van der Waals surface area contributed by atoms with Crippen LogP contribution in [0.15, 0.2) is 54.6 Å². The van der Waals surface area contributed by atoms with Gasteiger partial charge in [0.1, 0.15) is 0 Å². The van der Waals surface area contributed by atoms with Gasteiger partial charge in [-0.3, -0.25) is 4.79 Å². The lowest BCUT2D eigenvalue weighted by Crippen LogP contribution is -2.40. The average Bonchev–Trinajstić information content (AvgIpc) is 3.37. The van der Waals surface area contributed by atoms with E-state index in [4.69, 9.17) is 4.98 Å². The minimum atomic E-state index is -0.0490. The molecule has 1 fully saturated rings. The van der Waals surface area contributed by atoms with E-state index in [2.05, 4.69) is 15.3 Å². The minimum absolute atomic E-state index is 0.0490. The quantitative estimate of drug-likeness (QED) is 0.496. The standard InChI is InChI=1S/C24H25N5OS/c1-16-9-6-7-13-20(16)25-23(30)18-10-8-14-28(15-18)24-26-22-21(31-24)17(2)27-29(22)19-11-4-3-5-12-19/h3-7,9,11-13,18H,8,10,14-15H2,1-2H3,(H,25,30)/t18-/m0/s1. The third-order valence-electron chi connectivity index (χ3n) is 5.84. The minimum Gasteiger partial charge on any atom is -0.347 e. The Morgan fingerprint density at radius 3 is 2.68 bits per heavy atom. The van der Waals surface area contributed by atoms with Crippen molar-refractivity contribution in [2.75, 3.05) is 23.3 Å². The molecule has 6 nitrogen and oxygen atoms in total. The summed E-state index contributed by atoms with van der Waals surface area (Å²) in [6.07, 6.45) is 1.88. The first-order valence-corrected chi connectivity index (χ1v) is 11.4. The van der Waals surface area contributed by atoms with Crippen molar-refractivity contribution in [1.29, 1.82) is 0 Å². The van der Waals surface area contributed by atoms with E-state index in [9.17, 15) is 4.79 Å². The van der Waals surface area contributed by atoms with Gasteiger partial charge in [0.2, 0.25) is 5.91 Å². The Morgan fingerprint density at radius 2 is 1.87 bits per heavy atom. The van der Waals surface area contributed by atoms with Crippen LogP contribution in [-0.2, 0) is 4.79 Å². The third kappa shape index (κ3) is 3.81. The van der Waals surface area contributed by atoms with Crippen molar-refractivity contribution < 1.29 is 4.79 Å². The highest BCUT2D eigenvalue weighted by atomic mass is 32.1. The third-order valence-corrected chi connectivity index (χ3v) is 7.06. The lowest BCUT2D eigenvalue weighted by atomic mass is 9.97. The number of carbonyl (C=O) groups excluding carboxylic acids is 1. The highest BCUT2D eigenvalue weighted by molar-refractivity contribution is 7.22. The number of carbonyl (C=O) groups is 1. The van der Waals surface area contributed by atoms with Gasteiger partial charge < -0.3 is 10.2 Å². The lowest BCUT2D eigenvalue weighted by molar-refractivity contribution is -0.120. The number of hydrogen-bond donors (Lipinski definition) is 1. The molecule has 1 saturated heterocycles. The molecule has 7 heteroatoms. The molecule has 158 valence electrons. The summed E-state index contributed by atoms with van der Waals surface area (Å²) in [4.78, 5) is 20.1. The van der Waals surface area contributed by atoms with Crippen LogP contribution < -0.4 is 10.2 Å². The van der Waals surface area contributed by atoms with E-state index < -0.39 is 0 Å². The molecule has 1 N–H and O–H groups in total. The monoisotopic (exact) mass is 431 g/mol. The molecule has 0 aliphatic carbocycles. The number of aryl methyl sites for hydroxylation is 2. The first kappa shape index (κ1) is 19.8. The molecule has 1 atom stereocenters. The summed E-state index contributed by atoms with van der Waals surface area (Å²) in [5, 5.41) is 8.77. The zero-order chi connectivity index (χ0) is 21.4. The van der Waals surface area contributed by atoms with Crippen LogP contribution in [0.4, 0.5) is 10.8 Å². The number of anilines is 2. The van der Waals surface area contributed by atoms with Crippen LogP contribution in [0.2, 0.25) is 0 Å². The van der Waals surface area contributed by atoms with Gasteiger partial charge in [0.15, 0.2) is 10.8 Å². The fourth-order valence-electron chi connectivity index (χ4n) is 4.12. The Labute approximate surface area is 185 Å². The van der Waals surface area contributed by atoms with Crippen molar-refractivity contribution in [1.82, 2.24) is 14.8 Å². The smallest absolute Gasteiger partial charge is 0.229 e. The second-order valence-corrected chi connectivity index (χ2v) is 9.05. The van der Waals surface area contributed by atoms with E-state index in [1.54, 1.807) is 11.3 Å². The molecule has 0 radical (unpaired) electrons. The van der Waals surface area contributed by atoms with Crippen molar-refractivity contribution in [2.24, 2.45) is 5.92 Å². The number of piperidine rings is 1. The highest BCUT2D eigenvalue weighted by Crippen LogP contribution is 2.34. The van der Waals surface area contributed by atoms with Crippen LogP contribution in [0, 0.1) is 19.8 Å². The molecule has 1 aliphatic rings. The van der Waals surface area contributed by atoms with E-state index in [0.29, 0.717) is 6.54 Å². The van der Waals surface area contributed by atoms with Gasteiger partial charge in [-0.05, 0) is 50.5 Å². The van der Waals surface area contributed by atoms with Crippen LogP contribution in [-0.4, -0.2) is 33.8 Å². The van der Waals surface area contributed by atoms with E-state index in [-0.39, 0.29) is 11.8 Å². The number of para-hydroxylation sites is 2. The molecule has 0 unspecified atom stereocenters. The van der Waals surface area contributed by atoms with Gasteiger partial charge in [-0.2, -0.15) is 10.1 Å². The lowest BCUT2D eigenvalue weighted by Gasteiger charge is -2.31. The number of fused-ring (bicyclic) bond motifs is 1. The Balaban J connectivity index is 1.38. The van der Waals surface area contributed by atoms with Crippen LogP contribution in [0.25, 0.3) is 16.0 Å². The molecule has 0 saturated carbocycles.